The summed E-state index contributed by atoms with van der Waals surface area (Å²) in [7, 11) is 0. The summed E-state index contributed by atoms with van der Waals surface area (Å²) in [5.41, 5.74) is 1.49. The lowest BCUT2D eigenvalue weighted by Crippen LogP contribution is -2.44. The highest BCUT2D eigenvalue weighted by molar-refractivity contribution is 5.25. The molecule has 1 unspecified atom stereocenters. The topological polar surface area (TPSA) is 35.5 Å². The SMILES string of the molecule is CC(C)(C)NCC1CCCN(Cc2ccc(O)cc2)C1. The average molecular weight is 276 g/mol. The van der Waals surface area contributed by atoms with Crippen molar-refractivity contribution in [2.45, 2.75) is 45.7 Å². The predicted octanol–water partition coefficient (Wildman–Crippen LogP) is 2.99. The maximum absolute atomic E-state index is 9.33. The van der Waals surface area contributed by atoms with Crippen molar-refractivity contribution < 1.29 is 5.11 Å². The highest BCUT2D eigenvalue weighted by Gasteiger charge is 2.21. The van der Waals surface area contributed by atoms with Gasteiger partial charge in [0.05, 0.1) is 0 Å². The maximum atomic E-state index is 9.33. The normalized spacial score (nSPS) is 21.1. The Kier molecular flexibility index (Phi) is 5.06. The van der Waals surface area contributed by atoms with Crippen LogP contribution in [0, 0.1) is 5.92 Å². The van der Waals surface area contributed by atoms with E-state index in [-0.39, 0.29) is 5.54 Å². The number of likely N-dealkylation sites (tertiary alicyclic amines) is 1. The molecule has 112 valence electrons. The third-order valence-electron chi connectivity index (χ3n) is 3.87. The minimum atomic E-state index is 0.208. The summed E-state index contributed by atoms with van der Waals surface area (Å²) >= 11 is 0. The van der Waals surface area contributed by atoms with Crippen LogP contribution in [0.1, 0.15) is 39.2 Å². The lowest BCUT2D eigenvalue weighted by atomic mass is 9.96. The number of hydrogen-bond acceptors (Lipinski definition) is 3. The molecule has 0 aromatic heterocycles. The van der Waals surface area contributed by atoms with Gasteiger partial charge in [0.1, 0.15) is 5.75 Å². The standard InChI is InChI=1S/C17H28N2O/c1-17(2,3)18-11-15-5-4-10-19(13-15)12-14-6-8-16(20)9-7-14/h6-9,15,18,20H,4-5,10-13H2,1-3H3. The first-order valence-electron chi connectivity index (χ1n) is 7.68. The van der Waals surface area contributed by atoms with Crippen molar-refractivity contribution in [1.82, 2.24) is 10.2 Å². The van der Waals surface area contributed by atoms with Crippen LogP contribution in [0.4, 0.5) is 0 Å². The van der Waals surface area contributed by atoms with Gasteiger partial charge >= 0.3 is 0 Å². The second-order valence-electron chi connectivity index (χ2n) is 7.04. The summed E-state index contributed by atoms with van der Waals surface area (Å²) < 4.78 is 0. The van der Waals surface area contributed by atoms with Gasteiger partial charge in [0.25, 0.3) is 0 Å². The molecule has 2 N–H and O–H groups in total. The molecule has 1 saturated heterocycles. The van der Waals surface area contributed by atoms with Crippen molar-refractivity contribution in [3.63, 3.8) is 0 Å². The summed E-state index contributed by atoms with van der Waals surface area (Å²) in [6, 6.07) is 7.59. The van der Waals surface area contributed by atoms with Gasteiger partial charge in [0.15, 0.2) is 0 Å². The Labute approximate surface area is 123 Å². The molecule has 1 fully saturated rings. The van der Waals surface area contributed by atoms with Crippen molar-refractivity contribution in [3.8, 4) is 5.75 Å². The molecule has 1 aliphatic heterocycles. The molecule has 20 heavy (non-hydrogen) atoms. The molecule has 1 heterocycles. The maximum Gasteiger partial charge on any atom is 0.115 e. The van der Waals surface area contributed by atoms with Gasteiger partial charge in [0.2, 0.25) is 0 Å². The number of nitrogens with one attached hydrogen (secondary N) is 1. The fraction of sp³-hybridized carbons (Fsp3) is 0.647. The average Bonchev–Trinajstić information content (AvgIpc) is 2.39. The van der Waals surface area contributed by atoms with Crippen LogP contribution < -0.4 is 5.32 Å². The fourth-order valence-corrected chi connectivity index (χ4v) is 2.77. The Hall–Kier alpha value is -1.06. The number of rotatable bonds is 4. The monoisotopic (exact) mass is 276 g/mol. The van der Waals surface area contributed by atoms with Gasteiger partial charge in [-0.2, -0.15) is 0 Å². The Morgan fingerprint density at radius 2 is 1.95 bits per heavy atom. The molecule has 1 aliphatic rings. The lowest BCUT2D eigenvalue weighted by Gasteiger charge is -2.34. The third kappa shape index (κ3) is 5.14. The van der Waals surface area contributed by atoms with E-state index in [1.54, 1.807) is 12.1 Å². The van der Waals surface area contributed by atoms with Crippen LogP contribution in [0.15, 0.2) is 24.3 Å². The number of piperidine rings is 1. The first-order chi connectivity index (χ1) is 9.42. The first kappa shape index (κ1) is 15.3. The van der Waals surface area contributed by atoms with Gasteiger partial charge in [0, 0.05) is 18.6 Å². The number of phenolic OH excluding ortho intramolecular Hbond substituents is 1. The fourth-order valence-electron chi connectivity index (χ4n) is 2.77. The summed E-state index contributed by atoms with van der Waals surface area (Å²) in [6.45, 7) is 11.1. The molecule has 0 radical (unpaired) electrons. The van der Waals surface area contributed by atoms with Crippen molar-refractivity contribution in [3.05, 3.63) is 29.8 Å². The lowest BCUT2D eigenvalue weighted by molar-refractivity contribution is 0.159. The van der Waals surface area contributed by atoms with Crippen molar-refractivity contribution >= 4 is 0 Å². The summed E-state index contributed by atoms with van der Waals surface area (Å²) in [4.78, 5) is 2.53. The van der Waals surface area contributed by atoms with Gasteiger partial charge in [-0.1, -0.05) is 12.1 Å². The zero-order valence-corrected chi connectivity index (χ0v) is 13.0. The molecular weight excluding hydrogens is 248 g/mol. The van der Waals surface area contributed by atoms with Gasteiger partial charge in [-0.25, -0.2) is 0 Å². The predicted molar refractivity (Wildman–Crippen MR) is 83.9 cm³/mol. The van der Waals surface area contributed by atoms with E-state index in [1.807, 2.05) is 12.1 Å². The number of benzene rings is 1. The zero-order chi connectivity index (χ0) is 14.6. The van der Waals surface area contributed by atoms with E-state index < -0.39 is 0 Å². The molecule has 0 bridgehead atoms. The van der Waals surface area contributed by atoms with E-state index in [4.69, 9.17) is 0 Å². The highest BCUT2D eigenvalue weighted by Crippen LogP contribution is 2.19. The van der Waals surface area contributed by atoms with E-state index in [0.717, 1.165) is 19.0 Å². The van der Waals surface area contributed by atoms with Gasteiger partial charge < -0.3 is 10.4 Å². The molecular formula is C17H28N2O. The third-order valence-corrected chi connectivity index (χ3v) is 3.87. The molecule has 0 amide bonds. The minimum absolute atomic E-state index is 0.208. The van der Waals surface area contributed by atoms with Crippen LogP contribution in [-0.4, -0.2) is 35.2 Å². The molecule has 1 aromatic rings. The number of hydrogen-bond donors (Lipinski definition) is 2. The highest BCUT2D eigenvalue weighted by atomic mass is 16.3. The van der Waals surface area contributed by atoms with Gasteiger partial charge in [-0.15, -0.1) is 0 Å². The Balaban J connectivity index is 1.82. The van der Waals surface area contributed by atoms with Crippen LogP contribution >= 0.6 is 0 Å². The van der Waals surface area contributed by atoms with E-state index >= 15 is 0 Å². The first-order valence-corrected chi connectivity index (χ1v) is 7.68. The zero-order valence-electron chi connectivity index (χ0n) is 13.0. The molecule has 3 nitrogen and oxygen atoms in total. The molecule has 0 saturated carbocycles. The van der Waals surface area contributed by atoms with E-state index in [0.29, 0.717) is 5.75 Å². The van der Waals surface area contributed by atoms with E-state index in [2.05, 4.69) is 31.0 Å². The van der Waals surface area contributed by atoms with Crippen LogP contribution in [0.3, 0.4) is 0 Å². The van der Waals surface area contributed by atoms with Crippen molar-refractivity contribution in [1.29, 1.82) is 0 Å². The Morgan fingerprint density at radius 3 is 2.60 bits per heavy atom. The van der Waals surface area contributed by atoms with Crippen molar-refractivity contribution in [2.75, 3.05) is 19.6 Å². The number of phenols is 1. The molecule has 3 heteroatoms. The Bertz CT molecular complexity index is 408. The van der Waals surface area contributed by atoms with Crippen LogP contribution in [0.5, 0.6) is 5.75 Å². The largest absolute Gasteiger partial charge is 0.508 e. The second kappa shape index (κ2) is 6.59. The van der Waals surface area contributed by atoms with Crippen LogP contribution in [0.25, 0.3) is 0 Å². The van der Waals surface area contributed by atoms with Crippen molar-refractivity contribution in [2.24, 2.45) is 5.92 Å². The molecule has 1 aromatic carbocycles. The molecule has 0 aliphatic carbocycles. The smallest absolute Gasteiger partial charge is 0.115 e. The summed E-state index contributed by atoms with van der Waals surface area (Å²) in [5, 5.41) is 13.0. The van der Waals surface area contributed by atoms with Gasteiger partial charge in [-0.3, -0.25) is 4.90 Å². The number of nitrogens with zero attached hydrogens (tertiary/aromatic N) is 1. The molecule has 0 spiro atoms. The number of aromatic hydroxyl groups is 1. The quantitative estimate of drug-likeness (QED) is 0.887. The molecule has 1 atom stereocenters. The van der Waals surface area contributed by atoms with Crippen LogP contribution in [-0.2, 0) is 6.54 Å². The minimum Gasteiger partial charge on any atom is -0.508 e. The Morgan fingerprint density at radius 1 is 1.25 bits per heavy atom. The van der Waals surface area contributed by atoms with Gasteiger partial charge in [-0.05, 0) is 70.3 Å². The van der Waals surface area contributed by atoms with E-state index in [1.165, 1.54) is 31.5 Å². The van der Waals surface area contributed by atoms with Crippen LogP contribution in [0.2, 0.25) is 0 Å². The molecule has 2 rings (SSSR count). The summed E-state index contributed by atoms with van der Waals surface area (Å²) in [5.74, 6) is 1.10. The summed E-state index contributed by atoms with van der Waals surface area (Å²) in [6.07, 6.45) is 2.61. The van der Waals surface area contributed by atoms with E-state index in [9.17, 15) is 5.11 Å². The second-order valence-corrected chi connectivity index (χ2v) is 7.04.